The third-order valence-electron chi connectivity index (χ3n) is 3.17. The van der Waals surface area contributed by atoms with Gasteiger partial charge in [-0.1, -0.05) is 62.2 Å². The summed E-state index contributed by atoms with van der Waals surface area (Å²) in [6.07, 6.45) is 4.26. The molecule has 0 aliphatic heterocycles. The van der Waals surface area contributed by atoms with Crippen molar-refractivity contribution in [1.29, 1.82) is 0 Å². The number of hydrogen-bond acceptors (Lipinski definition) is 2. The van der Waals surface area contributed by atoms with Crippen LogP contribution in [0.25, 0.3) is 0 Å². The summed E-state index contributed by atoms with van der Waals surface area (Å²) >= 11 is 13.9. The Morgan fingerprint density at radius 2 is 1.86 bits per heavy atom. The van der Waals surface area contributed by atoms with Gasteiger partial charge in [0.1, 0.15) is 5.03 Å². The van der Waals surface area contributed by atoms with Gasteiger partial charge >= 0.3 is 0 Å². The van der Waals surface area contributed by atoms with Crippen LogP contribution in [0.15, 0.2) is 34.4 Å². The Balaban J connectivity index is 2.33. The third kappa shape index (κ3) is 4.41. The second-order valence-electron chi connectivity index (χ2n) is 5.34. The molecule has 2 nitrogen and oxygen atoms in total. The van der Waals surface area contributed by atoms with E-state index in [1.807, 2.05) is 18.5 Å². The minimum Gasteiger partial charge on any atom is -0.325 e. The van der Waals surface area contributed by atoms with E-state index in [-0.39, 0.29) is 0 Å². The Labute approximate surface area is 140 Å². The lowest BCUT2D eigenvalue weighted by molar-refractivity contribution is 0.591. The zero-order valence-corrected chi connectivity index (χ0v) is 14.9. The molecule has 0 fully saturated rings. The molecular formula is C16H20Cl2N2S. The summed E-state index contributed by atoms with van der Waals surface area (Å²) in [5.41, 5.74) is 1.13. The van der Waals surface area contributed by atoms with Crippen LogP contribution in [0.5, 0.6) is 0 Å². The monoisotopic (exact) mass is 342 g/mol. The minimum atomic E-state index is 0.394. The Kier molecular flexibility index (Phi) is 6.03. The van der Waals surface area contributed by atoms with Crippen molar-refractivity contribution in [3.63, 3.8) is 0 Å². The van der Waals surface area contributed by atoms with Crippen LogP contribution in [0.4, 0.5) is 0 Å². The molecule has 0 amide bonds. The number of halogens is 2. The first-order valence-electron chi connectivity index (χ1n) is 7.20. The van der Waals surface area contributed by atoms with Crippen molar-refractivity contribution in [1.82, 2.24) is 9.55 Å². The smallest absolute Gasteiger partial charge is 0.103 e. The molecule has 0 saturated carbocycles. The van der Waals surface area contributed by atoms with Crippen molar-refractivity contribution in [2.75, 3.05) is 0 Å². The van der Waals surface area contributed by atoms with Crippen LogP contribution in [0.2, 0.25) is 10.0 Å². The molecule has 0 aliphatic carbocycles. The molecule has 1 aromatic heterocycles. The standard InChI is InChI=1S/C16H20Cl2N2S/c1-4-5-6-20-10-19-15(11(2)3)16(20)21-14-8-12(17)7-13(18)9-14/h7-11H,4-6H2,1-3H3. The molecule has 0 saturated heterocycles. The second-order valence-corrected chi connectivity index (χ2v) is 7.28. The normalized spacial score (nSPS) is 11.3. The molecule has 2 rings (SSSR count). The number of hydrogen-bond donors (Lipinski definition) is 0. The molecule has 0 radical (unpaired) electrons. The molecule has 5 heteroatoms. The van der Waals surface area contributed by atoms with E-state index >= 15 is 0 Å². The maximum absolute atomic E-state index is 6.10. The summed E-state index contributed by atoms with van der Waals surface area (Å²) in [6.45, 7) is 7.53. The molecule has 0 spiro atoms. The van der Waals surface area contributed by atoms with Crippen LogP contribution in [0, 0.1) is 0 Å². The van der Waals surface area contributed by atoms with Gasteiger partial charge in [0.2, 0.25) is 0 Å². The van der Waals surface area contributed by atoms with Gasteiger partial charge in [0.15, 0.2) is 0 Å². The predicted molar refractivity (Wildman–Crippen MR) is 91.8 cm³/mol. The van der Waals surface area contributed by atoms with Crippen molar-refractivity contribution in [2.45, 2.75) is 56.0 Å². The third-order valence-corrected chi connectivity index (χ3v) is 4.71. The van der Waals surface area contributed by atoms with Gasteiger partial charge < -0.3 is 4.57 Å². The summed E-state index contributed by atoms with van der Waals surface area (Å²) < 4.78 is 2.23. The zero-order chi connectivity index (χ0) is 15.4. The van der Waals surface area contributed by atoms with Crippen molar-refractivity contribution in [3.8, 4) is 0 Å². The van der Waals surface area contributed by atoms with Crippen LogP contribution in [-0.2, 0) is 6.54 Å². The number of nitrogens with zero attached hydrogens (tertiary/aromatic N) is 2. The molecule has 0 unspecified atom stereocenters. The molecule has 1 heterocycles. The van der Waals surface area contributed by atoms with Crippen molar-refractivity contribution >= 4 is 35.0 Å². The highest BCUT2D eigenvalue weighted by molar-refractivity contribution is 7.99. The van der Waals surface area contributed by atoms with Gasteiger partial charge in [-0.3, -0.25) is 0 Å². The lowest BCUT2D eigenvalue weighted by atomic mass is 10.1. The molecule has 0 N–H and O–H groups in total. The number of imidazole rings is 1. The zero-order valence-electron chi connectivity index (χ0n) is 12.6. The first-order valence-corrected chi connectivity index (χ1v) is 8.77. The largest absolute Gasteiger partial charge is 0.325 e. The Bertz CT molecular complexity index is 588. The summed E-state index contributed by atoms with van der Waals surface area (Å²) in [5.74, 6) is 0.394. The molecule has 2 aromatic rings. The molecule has 21 heavy (non-hydrogen) atoms. The van der Waals surface area contributed by atoms with Gasteiger partial charge in [-0.25, -0.2) is 4.98 Å². The lowest BCUT2D eigenvalue weighted by Crippen LogP contribution is -1.99. The van der Waals surface area contributed by atoms with Gasteiger partial charge in [-0.2, -0.15) is 0 Å². The molecular weight excluding hydrogens is 323 g/mol. The van der Waals surface area contributed by atoms with Gasteiger partial charge in [0.25, 0.3) is 0 Å². The lowest BCUT2D eigenvalue weighted by Gasteiger charge is -2.11. The highest BCUT2D eigenvalue weighted by atomic mass is 35.5. The highest BCUT2D eigenvalue weighted by Gasteiger charge is 2.15. The van der Waals surface area contributed by atoms with Crippen LogP contribution in [-0.4, -0.2) is 9.55 Å². The van der Waals surface area contributed by atoms with E-state index in [4.69, 9.17) is 23.2 Å². The van der Waals surface area contributed by atoms with Gasteiger partial charge in [0.05, 0.1) is 12.0 Å². The first-order chi connectivity index (χ1) is 10.0. The van der Waals surface area contributed by atoms with Crippen LogP contribution >= 0.6 is 35.0 Å². The number of unbranched alkanes of at least 4 members (excludes halogenated alkanes) is 1. The predicted octanol–water partition coefficient (Wildman–Crippen LogP) is 6.26. The summed E-state index contributed by atoms with van der Waals surface area (Å²) in [4.78, 5) is 5.63. The molecule has 0 atom stereocenters. The number of benzene rings is 1. The number of rotatable bonds is 6. The van der Waals surface area contributed by atoms with Crippen LogP contribution in [0.3, 0.4) is 0 Å². The second kappa shape index (κ2) is 7.57. The molecule has 114 valence electrons. The topological polar surface area (TPSA) is 17.8 Å². The average Bonchev–Trinajstić information content (AvgIpc) is 2.78. The van der Waals surface area contributed by atoms with E-state index in [0.717, 1.165) is 23.6 Å². The van der Waals surface area contributed by atoms with E-state index in [1.54, 1.807) is 17.8 Å². The number of aryl methyl sites for hydroxylation is 1. The van der Waals surface area contributed by atoms with Gasteiger partial charge in [-0.15, -0.1) is 0 Å². The summed E-state index contributed by atoms with van der Waals surface area (Å²) in [7, 11) is 0. The average molecular weight is 343 g/mol. The summed E-state index contributed by atoms with van der Waals surface area (Å²) in [5, 5.41) is 2.52. The fourth-order valence-corrected chi connectivity index (χ4v) is 3.98. The SMILES string of the molecule is CCCCn1cnc(C(C)C)c1Sc1cc(Cl)cc(Cl)c1. The van der Waals surface area contributed by atoms with E-state index in [2.05, 4.69) is 30.3 Å². The number of aromatic nitrogens is 2. The highest BCUT2D eigenvalue weighted by Crippen LogP contribution is 2.36. The Morgan fingerprint density at radius 3 is 2.43 bits per heavy atom. The summed E-state index contributed by atoms with van der Waals surface area (Å²) in [6, 6.07) is 5.64. The quantitative estimate of drug-likeness (QED) is 0.615. The molecule has 0 bridgehead atoms. The molecule has 0 aliphatic rings. The van der Waals surface area contributed by atoms with E-state index < -0.39 is 0 Å². The van der Waals surface area contributed by atoms with Gasteiger partial charge in [-0.05, 0) is 30.5 Å². The first kappa shape index (κ1) is 16.7. The van der Waals surface area contributed by atoms with Crippen molar-refractivity contribution < 1.29 is 0 Å². The fourth-order valence-electron chi connectivity index (χ4n) is 2.08. The van der Waals surface area contributed by atoms with Gasteiger partial charge in [0, 0.05) is 21.5 Å². The van der Waals surface area contributed by atoms with Crippen molar-refractivity contribution in [2.24, 2.45) is 0 Å². The maximum Gasteiger partial charge on any atom is 0.103 e. The van der Waals surface area contributed by atoms with E-state index in [0.29, 0.717) is 16.0 Å². The Hall–Kier alpha value is -0.640. The minimum absolute atomic E-state index is 0.394. The van der Waals surface area contributed by atoms with Crippen molar-refractivity contribution in [3.05, 3.63) is 40.3 Å². The van der Waals surface area contributed by atoms with E-state index in [1.165, 1.54) is 11.4 Å². The van der Waals surface area contributed by atoms with E-state index in [9.17, 15) is 0 Å². The fraction of sp³-hybridized carbons (Fsp3) is 0.438. The Morgan fingerprint density at radius 1 is 1.19 bits per heavy atom. The van der Waals surface area contributed by atoms with Crippen LogP contribution < -0.4 is 0 Å². The van der Waals surface area contributed by atoms with Crippen LogP contribution in [0.1, 0.15) is 45.2 Å². The maximum atomic E-state index is 6.10. The molecule has 1 aromatic carbocycles.